The molecule has 0 aliphatic rings. The number of para-hydroxylation sites is 1. The molecule has 2 rings (SSSR count). The summed E-state index contributed by atoms with van der Waals surface area (Å²) < 4.78 is 1.74. The lowest BCUT2D eigenvalue weighted by molar-refractivity contribution is 0.965. The zero-order chi connectivity index (χ0) is 10.7. The maximum absolute atomic E-state index is 8.87. The third-order valence-electron chi connectivity index (χ3n) is 2.21. The van der Waals surface area contributed by atoms with E-state index in [1.54, 1.807) is 17.0 Å². The molecule has 0 atom stereocenters. The lowest BCUT2D eigenvalue weighted by atomic mass is 10.2. The average molecular weight is 198 g/mol. The summed E-state index contributed by atoms with van der Waals surface area (Å²) in [5.41, 5.74) is 7.54. The van der Waals surface area contributed by atoms with Gasteiger partial charge < -0.3 is 5.73 Å². The van der Waals surface area contributed by atoms with Gasteiger partial charge in [-0.3, -0.25) is 4.57 Å². The standard InChI is InChI=1S/C11H10N4/c12-7-9-3-1-2-4-10(9)15-6-5-14-11(15)8-13/h1-6H,7,12H2. The number of nitrogens with zero attached hydrogens (tertiary/aromatic N) is 3. The fourth-order valence-corrected chi connectivity index (χ4v) is 1.50. The highest BCUT2D eigenvalue weighted by Crippen LogP contribution is 2.15. The van der Waals surface area contributed by atoms with E-state index < -0.39 is 0 Å². The van der Waals surface area contributed by atoms with Gasteiger partial charge in [-0.2, -0.15) is 5.26 Å². The summed E-state index contributed by atoms with van der Waals surface area (Å²) in [7, 11) is 0. The molecule has 0 spiro atoms. The molecule has 4 nitrogen and oxygen atoms in total. The minimum atomic E-state index is 0.371. The van der Waals surface area contributed by atoms with Crippen molar-refractivity contribution in [1.29, 1.82) is 5.26 Å². The van der Waals surface area contributed by atoms with Gasteiger partial charge in [-0.05, 0) is 11.6 Å². The van der Waals surface area contributed by atoms with E-state index in [2.05, 4.69) is 4.98 Å². The average Bonchev–Trinajstić information content (AvgIpc) is 2.76. The second-order valence-corrected chi connectivity index (χ2v) is 3.07. The SMILES string of the molecule is N#Cc1nccn1-c1ccccc1CN. The first kappa shape index (κ1) is 9.44. The van der Waals surface area contributed by atoms with Crippen molar-refractivity contribution in [2.75, 3.05) is 0 Å². The second kappa shape index (κ2) is 3.95. The number of rotatable bonds is 2. The molecule has 0 aliphatic carbocycles. The van der Waals surface area contributed by atoms with Crippen LogP contribution >= 0.6 is 0 Å². The van der Waals surface area contributed by atoms with Gasteiger partial charge in [0, 0.05) is 18.9 Å². The van der Waals surface area contributed by atoms with Gasteiger partial charge in [0.05, 0.1) is 5.69 Å². The molecular weight excluding hydrogens is 188 g/mol. The smallest absolute Gasteiger partial charge is 0.217 e. The Morgan fingerprint density at radius 1 is 1.40 bits per heavy atom. The van der Waals surface area contributed by atoms with E-state index in [1.807, 2.05) is 30.3 Å². The lowest BCUT2D eigenvalue weighted by Crippen LogP contribution is -2.05. The molecular formula is C11H10N4. The quantitative estimate of drug-likeness (QED) is 0.788. The van der Waals surface area contributed by atoms with Crippen LogP contribution in [0.4, 0.5) is 0 Å². The molecule has 2 N–H and O–H groups in total. The first-order chi connectivity index (χ1) is 7.36. The van der Waals surface area contributed by atoms with Crippen molar-refractivity contribution in [2.24, 2.45) is 5.73 Å². The number of imidazole rings is 1. The number of aromatic nitrogens is 2. The number of hydrogen-bond acceptors (Lipinski definition) is 3. The van der Waals surface area contributed by atoms with E-state index in [9.17, 15) is 0 Å². The first-order valence-electron chi connectivity index (χ1n) is 4.58. The Labute approximate surface area is 87.6 Å². The molecule has 2 aromatic rings. The van der Waals surface area contributed by atoms with Crippen LogP contribution in [0, 0.1) is 11.3 Å². The molecule has 4 heteroatoms. The van der Waals surface area contributed by atoms with E-state index in [4.69, 9.17) is 11.0 Å². The van der Waals surface area contributed by atoms with E-state index in [1.165, 1.54) is 0 Å². The highest BCUT2D eigenvalue weighted by Gasteiger charge is 2.06. The first-order valence-corrected chi connectivity index (χ1v) is 4.58. The summed E-state index contributed by atoms with van der Waals surface area (Å²) in [4.78, 5) is 3.95. The van der Waals surface area contributed by atoms with Crippen molar-refractivity contribution < 1.29 is 0 Å². The Hall–Kier alpha value is -2.12. The minimum Gasteiger partial charge on any atom is -0.326 e. The molecule has 0 saturated carbocycles. The number of nitriles is 1. The van der Waals surface area contributed by atoms with Gasteiger partial charge in [0.2, 0.25) is 5.82 Å². The van der Waals surface area contributed by atoms with Gasteiger partial charge in [0.1, 0.15) is 6.07 Å². The summed E-state index contributed by atoms with van der Waals surface area (Å²) in [5, 5.41) is 8.87. The molecule has 1 heterocycles. The van der Waals surface area contributed by atoms with Crippen molar-refractivity contribution in [3.63, 3.8) is 0 Å². The van der Waals surface area contributed by atoms with Gasteiger partial charge in [-0.1, -0.05) is 18.2 Å². The summed E-state index contributed by atoms with van der Waals surface area (Å²) in [5.74, 6) is 0.371. The van der Waals surface area contributed by atoms with E-state index in [0.717, 1.165) is 11.3 Å². The van der Waals surface area contributed by atoms with Crippen molar-refractivity contribution >= 4 is 0 Å². The lowest BCUT2D eigenvalue weighted by Gasteiger charge is -2.08. The Bertz CT molecular complexity index is 507. The Morgan fingerprint density at radius 2 is 2.20 bits per heavy atom. The number of benzene rings is 1. The molecule has 0 amide bonds. The van der Waals surface area contributed by atoms with Crippen LogP contribution in [0.15, 0.2) is 36.7 Å². The van der Waals surface area contributed by atoms with Gasteiger partial charge >= 0.3 is 0 Å². The summed E-state index contributed by atoms with van der Waals surface area (Å²) in [6.45, 7) is 0.444. The van der Waals surface area contributed by atoms with Crippen LogP contribution in [0.2, 0.25) is 0 Å². The van der Waals surface area contributed by atoms with Crippen molar-refractivity contribution in [2.45, 2.75) is 6.54 Å². The third-order valence-corrected chi connectivity index (χ3v) is 2.21. The molecule has 0 fully saturated rings. The monoisotopic (exact) mass is 198 g/mol. The van der Waals surface area contributed by atoms with E-state index in [0.29, 0.717) is 12.4 Å². The molecule has 1 aromatic carbocycles. The summed E-state index contributed by atoms with van der Waals surface area (Å²) in [6, 6.07) is 9.74. The normalized spacial score (nSPS) is 9.87. The zero-order valence-corrected chi connectivity index (χ0v) is 8.09. The van der Waals surface area contributed by atoms with Crippen LogP contribution in [0.1, 0.15) is 11.4 Å². The minimum absolute atomic E-state index is 0.371. The maximum atomic E-state index is 8.87. The Kier molecular flexibility index (Phi) is 2.48. The van der Waals surface area contributed by atoms with Crippen LogP contribution in [-0.4, -0.2) is 9.55 Å². The maximum Gasteiger partial charge on any atom is 0.217 e. The number of hydrogen-bond donors (Lipinski definition) is 1. The van der Waals surface area contributed by atoms with Gasteiger partial charge in [0.25, 0.3) is 0 Å². The van der Waals surface area contributed by atoms with Crippen LogP contribution in [-0.2, 0) is 6.54 Å². The molecule has 15 heavy (non-hydrogen) atoms. The fourth-order valence-electron chi connectivity index (χ4n) is 1.50. The van der Waals surface area contributed by atoms with Crippen LogP contribution in [0.25, 0.3) is 5.69 Å². The molecule has 0 aliphatic heterocycles. The molecule has 74 valence electrons. The third kappa shape index (κ3) is 1.60. The molecule has 0 saturated heterocycles. The predicted molar refractivity (Wildman–Crippen MR) is 56.2 cm³/mol. The predicted octanol–water partition coefficient (Wildman–Crippen LogP) is 1.20. The number of nitrogens with two attached hydrogens (primary N) is 1. The van der Waals surface area contributed by atoms with E-state index in [-0.39, 0.29) is 0 Å². The second-order valence-electron chi connectivity index (χ2n) is 3.07. The van der Waals surface area contributed by atoms with Crippen LogP contribution < -0.4 is 5.73 Å². The summed E-state index contributed by atoms with van der Waals surface area (Å²) >= 11 is 0. The highest BCUT2D eigenvalue weighted by atomic mass is 15.1. The van der Waals surface area contributed by atoms with Gasteiger partial charge in [-0.25, -0.2) is 4.98 Å². The topological polar surface area (TPSA) is 67.6 Å². The van der Waals surface area contributed by atoms with Crippen molar-refractivity contribution in [1.82, 2.24) is 9.55 Å². The summed E-state index contributed by atoms with van der Waals surface area (Å²) in [6.07, 6.45) is 3.36. The van der Waals surface area contributed by atoms with Crippen LogP contribution in [0.3, 0.4) is 0 Å². The fraction of sp³-hybridized carbons (Fsp3) is 0.0909. The molecule has 0 bridgehead atoms. The molecule has 1 aromatic heterocycles. The van der Waals surface area contributed by atoms with Crippen LogP contribution in [0.5, 0.6) is 0 Å². The largest absolute Gasteiger partial charge is 0.326 e. The Morgan fingerprint density at radius 3 is 2.93 bits per heavy atom. The highest BCUT2D eigenvalue weighted by molar-refractivity contribution is 5.43. The van der Waals surface area contributed by atoms with Crippen molar-refractivity contribution in [3.8, 4) is 11.8 Å². The zero-order valence-electron chi connectivity index (χ0n) is 8.09. The molecule has 0 unspecified atom stereocenters. The molecule has 0 radical (unpaired) electrons. The van der Waals surface area contributed by atoms with Crippen molar-refractivity contribution in [3.05, 3.63) is 48.0 Å². The van der Waals surface area contributed by atoms with Gasteiger partial charge in [-0.15, -0.1) is 0 Å². The van der Waals surface area contributed by atoms with Gasteiger partial charge in [0.15, 0.2) is 0 Å². The van der Waals surface area contributed by atoms with E-state index >= 15 is 0 Å². The Balaban J connectivity index is 2.59.